The molecule has 0 heterocycles. The molecule has 0 saturated heterocycles. The molecule has 0 aliphatic rings. The van der Waals surface area contributed by atoms with Gasteiger partial charge in [-0.2, -0.15) is 0 Å². The van der Waals surface area contributed by atoms with Crippen molar-refractivity contribution in [2.75, 3.05) is 13.2 Å². The number of Topliss-reactive ketones (excluding diaryl/α,β-unsaturated/α-hetero) is 2. The first-order valence-electron chi connectivity index (χ1n) is 2.88. The highest BCUT2D eigenvalue weighted by molar-refractivity contribution is 6.32. The predicted octanol–water partition coefficient (Wildman–Crippen LogP) is -1.32. The van der Waals surface area contributed by atoms with E-state index in [9.17, 15) is 14.4 Å². The van der Waals surface area contributed by atoms with Crippen LogP contribution in [0.4, 0.5) is 0 Å². The van der Waals surface area contributed by atoms with E-state index in [1.165, 1.54) is 0 Å². The van der Waals surface area contributed by atoms with Crippen molar-refractivity contribution < 1.29 is 24.2 Å². The van der Waals surface area contributed by atoms with Crippen LogP contribution >= 0.6 is 0 Å². The number of carbonyl (C=O) groups is 3. The lowest BCUT2D eigenvalue weighted by Gasteiger charge is -1.97. The first-order chi connectivity index (χ1) is 5.07. The molecule has 5 nitrogen and oxygen atoms in total. The smallest absolute Gasteiger partial charge is 0.374 e. The van der Waals surface area contributed by atoms with E-state index in [1.54, 1.807) is 0 Å². The van der Waals surface area contributed by atoms with E-state index >= 15 is 0 Å². The van der Waals surface area contributed by atoms with Gasteiger partial charge in [0.15, 0.2) is 12.4 Å². The van der Waals surface area contributed by atoms with E-state index in [4.69, 9.17) is 5.11 Å². The van der Waals surface area contributed by atoms with Crippen molar-refractivity contribution in [2.45, 2.75) is 6.92 Å². The summed E-state index contributed by atoms with van der Waals surface area (Å²) in [5, 5.41) is 8.16. The summed E-state index contributed by atoms with van der Waals surface area (Å²) in [4.78, 5) is 30.9. The van der Waals surface area contributed by atoms with Gasteiger partial charge < -0.3 is 9.84 Å². The summed E-state index contributed by atoms with van der Waals surface area (Å²) in [5.74, 6) is -2.47. The second-order valence-electron chi connectivity index (χ2n) is 1.83. The zero-order valence-electron chi connectivity index (χ0n) is 5.99. The maximum absolute atomic E-state index is 10.4. The highest BCUT2D eigenvalue weighted by atomic mass is 16.5. The summed E-state index contributed by atoms with van der Waals surface area (Å²) in [6, 6.07) is 0. The summed E-state index contributed by atoms with van der Waals surface area (Å²) in [6.07, 6.45) is 0. The molecule has 0 aliphatic carbocycles. The van der Waals surface area contributed by atoms with E-state index in [0.717, 1.165) is 6.92 Å². The van der Waals surface area contributed by atoms with Crippen molar-refractivity contribution in [1.29, 1.82) is 0 Å². The molecule has 62 valence electrons. The van der Waals surface area contributed by atoms with Gasteiger partial charge in [0.2, 0.25) is 5.78 Å². The van der Waals surface area contributed by atoms with Crippen LogP contribution < -0.4 is 0 Å². The molecule has 0 unspecified atom stereocenters. The third kappa shape index (κ3) is 4.21. The normalized spacial score (nSPS) is 8.91. The fourth-order valence-electron chi connectivity index (χ4n) is 0.293. The molecule has 0 aromatic carbocycles. The molecular weight excluding hydrogens is 152 g/mol. The standard InChI is InChI=1S/C6H8O5/c1-4(8)6(10)11-3-5(9)2-7/h7H,2-3H2,1H3. The molecule has 0 bridgehead atoms. The fourth-order valence-corrected chi connectivity index (χ4v) is 0.293. The third-order valence-corrected chi connectivity index (χ3v) is 0.828. The van der Waals surface area contributed by atoms with Crippen LogP contribution in [-0.4, -0.2) is 35.9 Å². The summed E-state index contributed by atoms with van der Waals surface area (Å²) >= 11 is 0. The number of rotatable bonds is 4. The molecule has 0 aromatic heterocycles. The van der Waals surface area contributed by atoms with Crippen LogP contribution in [0.2, 0.25) is 0 Å². The van der Waals surface area contributed by atoms with Gasteiger partial charge >= 0.3 is 5.97 Å². The zero-order chi connectivity index (χ0) is 8.85. The van der Waals surface area contributed by atoms with Crippen LogP contribution in [0.1, 0.15) is 6.92 Å². The molecule has 0 fully saturated rings. The maximum atomic E-state index is 10.4. The highest BCUT2D eigenvalue weighted by Crippen LogP contribution is 1.81. The Balaban J connectivity index is 3.63. The van der Waals surface area contributed by atoms with E-state index in [0.29, 0.717) is 0 Å². The van der Waals surface area contributed by atoms with Gasteiger partial charge in [0.1, 0.15) is 6.61 Å². The minimum Gasteiger partial charge on any atom is -0.452 e. The summed E-state index contributed by atoms with van der Waals surface area (Å²) in [5.41, 5.74) is 0. The number of ketones is 2. The van der Waals surface area contributed by atoms with Crippen molar-refractivity contribution in [3.8, 4) is 0 Å². The van der Waals surface area contributed by atoms with Crippen LogP contribution in [0, 0.1) is 0 Å². The van der Waals surface area contributed by atoms with E-state index in [1.807, 2.05) is 0 Å². The van der Waals surface area contributed by atoms with Crippen LogP contribution in [0.15, 0.2) is 0 Å². The number of ether oxygens (including phenoxy) is 1. The molecule has 0 rings (SSSR count). The highest BCUT2D eigenvalue weighted by Gasteiger charge is 2.10. The molecule has 11 heavy (non-hydrogen) atoms. The Kier molecular flexibility index (Phi) is 4.05. The maximum Gasteiger partial charge on any atom is 0.374 e. The summed E-state index contributed by atoms with van der Waals surface area (Å²) in [7, 11) is 0. The number of hydrogen-bond donors (Lipinski definition) is 1. The van der Waals surface area contributed by atoms with Crippen LogP contribution in [0.3, 0.4) is 0 Å². The van der Waals surface area contributed by atoms with Gasteiger partial charge in [-0.15, -0.1) is 0 Å². The SMILES string of the molecule is CC(=O)C(=O)OCC(=O)CO. The lowest BCUT2D eigenvalue weighted by atomic mass is 10.4. The van der Waals surface area contributed by atoms with Gasteiger partial charge in [-0.05, 0) is 0 Å². The lowest BCUT2D eigenvalue weighted by molar-refractivity contribution is -0.155. The molecule has 0 aliphatic heterocycles. The number of esters is 1. The first-order valence-corrected chi connectivity index (χ1v) is 2.88. The van der Waals surface area contributed by atoms with E-state index < -0.39 is 30.7 Å². The summed E-state index contributed by atoms with van der Waals surface area (Å²) < 4.78 is 4.16. The molecule has 0 spiro atoms. The average molecular weight is 160 g/mol. The minimum absolute atomic E-state index is 0.547. The van der Waals surface area contributed by atoms with Crippen molar-refractivity contribution in [1.82, 2.24) is 0 Å². The molecule has 0 radical (unpaired) electrons. The van der Waals surface area contributed by atoms with Crippen molar-refractivity contribution in [3.63, 3.8) is 0 Å². The number of carbonyl (C=O) groups excluding carboxylic acids is 3. The number of hydrogen-bond acceptors (Lipinski definition) is 5. The molecule has 1 N–H and O–H groups in total. The lowest BCUT2D eigenvalue weighted by Crippen LogP contribution is -2.20. The van der Waals surface area contributed by atoms with E-state index in [2.05, 4.69) is 4.74 Å². The van der Waals surface area contributed by atoms with Gasteiger partial charge in [0, 0.05) is 6.92 Å². The third-order valence-electron chi connectivity index (χ3n) is 0.828. The monoisotopic (exact) mass is 160 g/mol. The molecule has 0 saturated carbocycles. The van der Waals surface area contributed by atoms with Crippen LogP contribution in [-0.2, 0) is 19.1 Å². The molecule has 0 amide bonds. The Hall–Kier alpha value is -1.23. The molecule has 0 aromatic rings. The Morgan fingerprint density at radius 1 is 1.36 bits per heavy atom. The summed E-state index contributed by atoms with van der Waals surface area (Å²) in [6.45, 7) is -0.203. The molecule has 5 heteroatoms. The van der Waals surface area contributed by atoms with Gasteiger partial charge in [0.25, 0.3) is 0 Å². The molecule has 0 atom stereocenters. The quantitative estimate of drug-likeness (QED) is 0.407. The largest absolute Gasteiger partial charge is 0.452 e. The van der Waals surface area contributed by atoms with Crippen molar-refractivity contribution in [3.05, 3.63) is 0 Å². The Bertz CT molecular complexity index is 183. The Morgan fingerprint density at radius 3 is 2.27 bits per heavy atom. The van der Waals surface area contributed by atoms with Gasteiger partial charge in [-0.1, -0.05) is 0 Å². The average Bonchev–Trinajstić information content (AvgIpc) is 1.99. The Morgan fingerprint density at radius 2 is 1.91 bits per heavy atom. The van der Waals surface area contributed by atoms with Crippen LogP contribution in [0.5, 0.6) is 0 Å². The molecular formula is C6H8O5. The second kappa shape index (κ2) is 4.56. The first kappa shape index (κ1) is 9.77. The predicted molar refractivity (Wildman–Crippen MR) is 33.7 cm³/mol. The second-order valence-corrected chi connectivity index (χ2v) is 1.83. The van der Waals surface area contributed by atoms with Gasteiger partial charge in [-0.3, -0.25) is 9.59 Å². The fraction of sp³-hybridized carbons (Fsp3) is 0.500. The topological polar surface area (TPSA) is 80.7 Å². The van der Waals surface area contributed by atoms with Gasteiger partial charge in [-0.25, -0.2) is 4.79 Å². The zero-order valence-corrected chi connectivity index (χ0v) is 5.99. The Labute approximate surface area is 63.0 Å². The van der Waals surface area contributed by atoms with Crippen molar-refractivity contribution >= 4 is 17.5 Å². The van der Waals surface area contributed by atoms with Gasteiger partial charge in [0.05, 0.1) is 0 Å². The van der Waals surface area contributed by atoms with Crippen LogP contribution in [0.25, 0.3) is 0 Å². The van der Waals surface area contributed by atoms with E-state index in [-0.39, 0.29) is 0 Å². The number of aliphatic hydroxyl groups excluding tert-OH is 1. The van der Waals surface area contributed by atoms with Crippen molar-refractivity contribution in [2.24, 2.45) is 0 Å². The number of aliphatic hydroxyl groups is 1. The minimum atomic E-state index is -1.06.